The zero-order valence-corrected chi connectivity index (χ0v) is 11.4. The van der Waals surface area contributed by atoms with E-state index in [1.54, 1.807) is 25.1 Å². The molecule has 0 aromatic heterocycles. The summed E-state index contributed by atoms with van der Waals surface area (Å²) in [4.78, 5) is 0. The van der Waals surface area contributed by atoms with Gasteiger partial charge in [0.2, 0.25) is 0 Å². The third kappa shape index (κ3) is 2.85. The van der Waals surface area contributed by atoms with Gasteiger partial charge >= 0.3 is 0 Å². The fourth-order valence-corrected chi connectivity index (χ4v) is 2.33. The van der Waals surface area contributed by atoms with Crippen molar-refractivity contribution in [2.24, 2.45) is 0 Å². The zero-order chi connectivity index (χ0) is 13.9. The van der Waals surface area contributed by atoms with E-state index in [4.69, 9.17) is 0 Å². The van der Waals surface area contributed by atoms with Gasteiger partial charge in [0, 0.05) is 5.56 Å². The maximum atomic E-state index is 13.9. The number of hydrogen-bond donors (Lipinski definition) is 1. The van der Waals surface area contributed by atoms with Crippen LogP contribution >= 0.6 is 0 Å². The first-order valence-electron chi connectivity index (χ1n) is 6.62. The van der Waals surface area contributed by atoms with Gasteiger partial charge in [-0.25, -0.2) is 4.39 Å². The van der Waals surface area contributed by atoms with E-state index in [1.165, 1.54) is 6.07 Å². The Morgan fingerprint density at radius 1 is 1.11 bits per heavy atom. The highest BCUT2D eigenvalue weighted by Gasteiger charge is 2.28. The average Bonchev–Trinajstić information content (AvgIpc) is 2.40. The van der Waals surface area contributed by atoms with Gasteiger partial charge in [0.05, 0.1) is 0 Å². The molecule has 100 valence electrons. The van der Waals surface area contributed by atoms with Crippen LogP contribution in [0.25, 0.3) is 0 Å². The molecule has 0 heterocycles. The molecule has 0 radical (unpaired) electrons. The molecular weight excluding hydrogens is 239 g/mol. The normalized spacial score (nSPS) is 14.1. The summed E-state index contributed by atoms with van der Waals surface area (Å²) in [6, 6.07) is 14.1. The Labute approximate surface area is 113 Å². The monoisotopic (exact) mass is 258 g/mol. The van der Waals surface area contributed by atoms with Crippen molar-refractivity contribution < 1.29 is 9.50 Å². The summed E-state index contributed by atoms with van der Waals surface area (Å²) in [7, 11) is 0. The number of aliphatic hydroxyl groups is 1. The van der Waals surface area contributed by atoms with E-state index in [9.17, 15) is 9.50 Å². The molecule has 2 aromatic carbocycles. The standard InChI is InChI=1S/C17H19FO/c1-3-7-13-8-6-9-14(12-13)17(2,19)15-10-4-5-11-16(15)18/h4-6,8-12,19H,3,7H2,1-2H3. The predicted octanol–water partition coefficient (Wildman–Crippen LogP) is 4.03. The lowest BCUT2D eigenvalue weighted by Crippen LogP contribution is -2.24. The van der Waals surface area contributed by atoms with Crippen LogP contribution in [0.1, 0.15) is 37.0 Å². The Morgan fingerprint density at radius 3 is 2.53 bits per heavy atom. The molecular formula is C17H19FO. The molecule has 0 saturated carbocycles. The Kier molecular flexibility index (Phi) is 4.01. The number of halogens is 1. The minimum Gasteiger partial charge on any atom is -0.381 e. The Morgan fingerprint density at radius 2 is 1.84 bits per heavy atom. The number of rotatable bonds is 4. The van der Waals surface area contributed by atoms with E-state index in [-0.39, 0.29) is 5.82 Å². The second-order valence-corrected chi connectivity index (χ2v) is 5.00. The van der Waals surface area contributed by atoms with Gasteiger partial charge in [-0.05, 0) is 30.5 Å². The largest absolute Gasteiger partial charge is 0.381 e. The molecule has 0 bridgehead atoms. The highest BCUT2D eigenvalue weighted by molar-refractivity contribution is 5.37. The number of aryl methyl sites for hydroxylation is 1. The van der Waals surface area contributed by atoms with Gasteiger partial charge < -0.3 is 5.11 Å². The van der Waals surface area contributed by atoms with Crippen molar-refractivity contribution in [3.05, 3.63) is 71.0 Å². The van der Waals surface area contributed by atoms with Crippen molar-refractivity contribution in [1.82, 2.24) is 0 Å². The number of benzene rings is 2. The van der Waals surface area contributed by atoms with Gasteiger partial charge in [0.15, 0.2) is 0 Å². The molecule has 1 nitrogen and oxygen atoms in total. The third-order valence-electron chi connectivity index (χ3n) is 3.43. The van der Waals surface area contributed by atoms with Crippen LogP contribution in [0.5, 0.6) is 0 Å². The second kappa shape index (κ2) is 5.54. The fourth-order valence-electron chi connectivity index (χ4n) is 2.33. The quantitative estimate of drug-likeness (QED) is 0.877. The first-order valence-corrected chi connectivity index (χ1v) is 6.62. The van der Waals surface area contributed by atoms with E-state index in [0.717, 1.165) is 24.0 Å². The lowest BCUT2D eigenvalue weighted by atomic mass is 9.86. The summed E-state index contributed by atoms with van der Waals surface area (Å²) < 4.78 is 13.9. The Hall–Kier alpha value is -1.67. The van der Waals surface area contributed by atoms with E-state index < -0.39 is 5.60 Å². The zero-order valence-electron chi connectivity index (χ0n) is 11.4. The van der Waals surface area contributed by atoms with Crippen LogP contribution in [0.3, 0.4) is 0 Å². The van der Waals surface area contributed by atoms with E-state index in [1.807, 2.05) is 24.3 Å². The first-order chi connectivity index (χ1) is 9.05. The molecule has 0 aliphatic heterocycles. The van der Waals surface area contributed by atoms with E-state index >= 15 is 0 Å². The van der Waals surface area contributed by atoms with Crippen LogP contribution in [0.2, 0.25) is 0 Å². The minimum atomic E-state index is -1.31. The fraction of sp³-hybridized carbons (Fsp3) is 0.294. The third-order valence-corrected chi connectivity index (χ3v) is 3.43. The highest BCUT2D eigenvalue weighted by atomic mass is 19.1. The van der Waals surface area contributed by atoms with Gasteiger partial charge in [-0.1, -0.05) is 55.8 Å². The van der Waals surface area contributed by atoms with Crippen LogP contribution in [-0.4, -0.2) is 5.11 Å². The SMILES string of the molecule is CCCc1cccc(C(C)(O)c2ccccc2F)c1. The van der Waals surface area contributed by atoms with Crippen molar-refractivity contribution in [1.29, 1.82) is 0 Å². The summed E-state index contributed by atoms with van der Waals surface area (Å²) in [5.74, 6) is -0.381. The van der Waals surface area contributed by atoms with Crippen LogP contribution in [0.15, 0.2) is 48.5 Å². The Balaban J connectivity index is 2.44. The predicted molar refractivity (Wildman–Crippen MR) is 75.5 cm³/mol. The molecule has 1 N–H and O–H groups in total. The second-order valence-electron chi connectivity index (χ2n) is 5.00. The minimum absolute atomic E-state index is 0.309. The van der Waals surface area contributed by atoms with Gasteiger partial charge in [-0.3, -0.25) is 0 Å². The summed E-state index contributed by atoms with van der Waals surface area (Å²) in [5, 5.41) is 10.7. The van der Waals surface area contributed by atoms with E-state index in [0.29, 0.717) is 5.56 Å². The van der Waals surface area contributed by atoms with Crippen LogP contribution in [0, 0.1) is 5.82 Å². The van der Waals surface area contributed by atoms with Gasteiger partial charge in [0.25, 0.3) is 0 Å². The molecule has 2 rings (SSSR count). The molecule has 0 aliphatic carbocycles. The van der Waals surface area contributed by atoms with Crippen molar-refractivity contribution >= 4 is 0 Å². The maximum Gasteiger partial charge on any atom is 0.129 e. The highest BCUT2D eigenvalue weighted by Crippen LogP contribution is 2.31. The summed E-state index contributed by atoms with van der Waals surface area (Å²) >= 11 is 0. The van der Waals surface area contributed by atoms with E-state index in [2.05, 4.69) is 6.92 Å². The average molecular weight is 258 g/mol. The molecule has 0 aliphatic rings. The lowest BCUT2D eigenvalue weighted by molar-refractivity contribution is 0.0979. The van der Waals surface area contributed by atoms with Crippen LogP contribution < -0.4 is 0 Å². The smallest absolute Gasteiger partial charge is 0.129 e. The van der Waals surface area contributed by atoms with Gasteiger partial charge in [0.1, 0.15) is 11.4 Å². The molecule has 1 atom stereocenters. The van der Waals surface area contributed by atoms with Crippen LogP contribution in [-0.2, 0) is 12.0 Å². The molecule has 0 saturated heterocycles. The molecule has 2 aromatic rings. The molecule has 0 amide bonds. The number of hydrogen-bond acceptors (Lipinski definition) is 1. The van der Waals surface area contributed by atoms with Crippen LogP contribution in [0.4, 0.5) is 4.39 Å². The Bertz CT molecular complexity index is 561. The van der Waals surface area contributed by atoms with Crippen molar-refractivity contribution in [2.75, 3.05) is 0 Å². The molecule has 19 heavy (non-hydrogen) atoms. The molecule has 1 unspecified atom stereocenters. The van der Waals surface area contributed by atoms with Crippen molar-refractivity contribution in [3.8, 4) is 0 Å². The molecule has 0 spiro atoms. The van der Waals surface area contributed by atoms with Crippen molar-refractivity contribution in [3.63, 3.8) is 0 Å². The summed E-state index contributed by atoms with van der Waals surface area (Å²) in [6.07, 6.45) is 2.01. The molecule has 2 heteroatoms. The lowest BCUT2D eigenvalue weighted by Gasteiger charge is -2.25. The van der Waals surface area contributed by atoms with Crippen molar-refractivity contribution in [2.45, 2.75) is 32.3 Å². The van der Waals surface area contributed by atoms with Gasteiger partial charge in [-0.15, -0.1) is 0 Å². The van der Waals surface area contributed by atoms with Gasteiger partial charge in [-0.2, -0.15) is 0 Å². The topological polar surface area (TPSA) is 20.2 Å². The summed E-state index contributed by atoms with van der Waals surface area (Å²) in [5.41, 5.74) is 0.888. The maximum absolute atomic E-state index is 13.9. The molecule has 0 fully saturated rings. The first kappa shape index (κ1) is 13.8. The summed E-state index contributed by atoms with van der Waals surface area (Å²) in [6.45, 7) is 3.75.